The van der Waals surface area contributed by atoms with Crippen LogP contribution in [0.4, 0.5) is 15.9 Å². The van der Waals surface area contributed by atoms with Crippen molar-refractivity contribution >= 4 is 17.4 Å². The lowest BCUT2D eigenvalue weighted by Crippen LogP contribution is -2.31. The number of carbonyl (C=O) groups excluding carboxylic acids is 1. The summed E-state index contributed by atoms with van der Waals surface area (Å²) >= 11 is 0. The van der Waals surface area contributed by atoms with Crippen LogP contribution < -0.4 is 10.2 Å². The number of carbonyl (C=O) groups is 1. The van der Waals surface area contributed by atoms with Gasteiger partial charge in [0.05, 0.1) is 12.4 Å². The first-order valence-electron chi connectivity index (χ1n) is 6.79. The highest BCUT2D eigenvalue weighted by atomic mass is 19.1. The van der Waals surface area contributed by atoms with E-state index < -0.39 is 0 Å². The Morgan fingerprint density at radius 1 is 1.24 bits per heavy atom. The molecular weight excluding hydrogens is 271 g/mol. The van der Waals surface area contributed by atoms with Crippen molar-refractivity contribution in [3.8, 4) is 0 Å². The number of nitrogens with zero attached hydrogens (tertiary/aromatic N) is 3. The Balaban J connectivity index is 2.27. The van der Waals surface area contributed by atoms with Crippen molar-refractivity contribution in [1.82, 2.24) is 9.97 Å². The van der Waals surface area contributed by atoms with Gasteiger partial charge in [0.15, 0.2) is 0 Å². The van der Waals surface area contributed by atoms with Crippen LogP contribution in [0.25, 0.3) is 0 Å². The van der Waals surface area contributed by atoms with Crippen molar-refractivity contribution in [2.75, 3.05) is 23.3 Å². The number of benzene rings is 1. The highest BCUT2D eigenvalue weighted by molar-refractivity contribution is 6.04. The maximum absolute atomic E-state index is 13.0. The molecule has 0 aliphatic heterocycles. The van der Waals surface area contributed by atoms with E-state index in [1.54, 1.807) is 18.3 Å². The largest absolute Gasteiger partial charge is 0.369 e. The molecule has 0 atom stereocenters. The number of hydrogen-bond donors (Lipinski definition) is 1. The van der Waals surface area contributed by atoms with Crippen LogP contribution in [0.2, 0.25) is 0 Å². The smallest absolute Gasteiger partial charge is 0.278 e. The van der Waals surface area contributed by atoms with Crippen molar-refractivity contribution in [2.45, 2.75) is 13.8 Å². The molecule has 6 heteroatoms. The van der Waals surface area contributed by atoms with E-state index in [9.17, 15) is 9.18 Å². The van der Waals surface area contributed by atoms with E-state index in [-0.39, 0.29) is 17.4 Å². The molecule has 0 saturated carbocycles. The number of aromatic nitrogens is 2. The van der Waals surface area contributed by atoms with Gasteiger partial charge in [-0.05, 0) is 38.1 Å². The number of halogens is 1. The van der Waals surface area contributed by atoms with Crippen molar-refractivity contribution < 1.29 is 9.18 Å². The van der Waals surface area contributed by atoms with Crippen LogP contribution in [0.15, 0.2) is 36.7 Å². The van der Waals surface area contributed by atoms with E-state index >= 15 is 0 Å². The summed E-state index contributed by atoms with van der Waals surface area (Å²) in [5.41, 5.74) is 0.874. The molecule has 1 amide bonds. The minimum atomic E-state index is -0.337. The van der Waals surface area contributed by atoms with E-state index in [1.807, 2.05) is 13.8 Å². The van der Waals surface area contributed by atoms with Crippen molar-refractivity contribution in [3.05, 3.63) is 48.2 Å². The van der Waals surface area contributed by atoms with Gasteiger partial charge in [-0.3, -0.25) is 9.78 Å². The maximum Gasteiger partial charge on any atom is 0.278 e. The zero-order valence-electron chi connectivity index (χ0n) is 12.0. The molecule has 5 nitrogen and oxygen atoms in total. The molecule has 0 aliphatic rings. The second-order valence-corrected chi connectivity index (χ2v) is 4.35. The van der Waals surface area contributed by atoms with Gasteiger partial charge in [-0.25, -0.2) is 9.37 Å². The van der Waals surface area contributed by atoms with E-state index in [4.69, 9.17) is 0 Å². The van der Waals surface area contributed by atoms with E-state index in [2.05, 4.69) is 15.3 Å². The molecule has 2 aromatic rings. The molecular formula is C15H17FN4O. The molecule has 110 valence electrons. The summed E-state index contributed by atoms with van der Waals surface area (Å²) in [7, 11) is 0. The summed E-state index contributed by atoms with van der Waals surface area (Å²) in [5, 5.41) is 3.01. The average Bonchev–Trinajstić information content (AvgIpc) is 2.50. The quantitative estimate of drug-likeness (QED) is 0.919. The van der Waals surface area contributed by atoms with E-state index in [0.29, 0.717) is 24.6 Å². The fourth-order valence-electron chi connectivity index (χ4n) is 1.94. The van der Waals surface area contributed by atoms with E-state index in [1.165, 1.54) is 23.2 Å². The Kier molecular flexibility index (Phi) is 4.81. The van der Waals surface area contributed by atoms with Crippen LogP contribution >= 0.6 is 0 Å². The summed E-state index contributed by atoms with van der Waals surface area (Å²) in [5.74, 6) is -0.0499. The van der Waals surface area contributed by atoms with Gasteiger partial charge < -0.3 is 10.2 Å². The van der Waals surface area contributed by atoms with Gasteiger partial charge in [-0.1, -0.05) is 0 Å². The van der Waals surface area contributed by atoms with Gasteiger partial charge in [-0.2, -0.15) is 0 Å². The van der Waals surface area contributed by atoms with Crippen LogP contribution in [-0.2, 0) is 0 Å². The van der Waals surface area contributed by atoms with Crippen LogP contribution in [0.3, 0.4) is 0 Å². The van der Waals surface area contributed by atoms with Crippen LogP contribution in [0.5, 0.6) is 0 Å². The summed E-state index contributed by atoms with van der Waals surface area (Å²) in [6.45, 7) is 4.94. The van der Waals surface area contributed by atoms with E-state index in [0.717, 1.165) is 0 Å². The lowest BCUT2D eigenvalue weighted by atomic mass is 10.2. The zero-order valence-corrected chi connectivity index (χ0v) is 12.0. The topological polar surface area (TPSA) is 58.1 Å². The summed E-state index contributed by atoms with van der Waals surface area (Å²) in [4.78, 5) is 22.3. The Hall–Kier alpha value is -2.50. The normalized spacial score (nSPS) is 10.2. The highest BCUT2D eigenvalue weighted by Crippen LogP contribution is 2.17. The Morgan fingerprint density at radius 2 is 1.95 bits per heavy atom. The first-order valence-corrected chi connectivity index (χ1v) is 6.79. The molecule has 0 spiro atoms. The van der Waals surface area contributed by atoms with Crippen LogP contribution in [0.1, 0.15) is 24.3 Å². The average molecular weight is 288 g/mol. The number of nitrogens with one attached hydrogen (secondary N) is 1. The van der Waals surface area contributed by atoms with Gasteiger partial charge in [0.2, 0.25) is 0 Å². The van der Waals surface area contributed by atoms with Gasteiger partial charge >= 0.3 is 0 Å². The van der Waals surface area contributed by atoms with Crippen molar-refractivity contribution in [2.24, 2.45) is 0 Å². The molecule has 1 heterocycles. The van der Waals surface area contributed by atoms with Gasteiger partial charge in [0.1, 0.15) is 17.3 Å². The molecule has 21 heavy (non-hydrogen) atoms. The fourth-order valence-corrected chi connectivity index (χ4v) is 1.94. The minimum absolute atomic E-state index is 0.250. The molecule has 0 fully saturated rings. The third kappa shape index (κ3) is 3.53. The summed E-state index contributed by atoms with van der Waals surface area (Å²) < 4.78 is 13.0. The minimum Gasteiger partial charge on any atom is -0.369 e. The van der Waals surface area contributed by atoms with Gasteiger partial charge in [0.25, 0.3) is 5.91 Å². The standard InChI is InChI=1S/C15H17FN4O/c1-3-18-14-10-17-9-13(19-14)15(21)20(4-2)12-7-5-11(16)6-8-12/h5-10H,3-4H2,1-2H3,(H,18,19). The molecule has 0 aliphatic carbocycles. The van der Waals surface area contributed by atoms with Gasteiger partial charge in [-0.15, -0.1) is 0 Å². The summed E-state index contributed by atoms with van der Waals surface area (Å²) in [6.07, 6.45) is 2.99. The fraction of sp³-hybridized carbons (Fsp3) is 0.267. The molecule has 1 aromatic carbocycles. The lowest BCUT2D eigenvalue weighted by Gasteiger charge is -2.20. The highest BCUT2D eigenvalue weighted by Gasteiger charge is 2.18. The SMILES string of the molecule is CCNc1cncc(C(=O)N(CC)c2ccc(F)cc2)n1. The number of rotatable bonds is 5. The Morgan fingerprint density at radius 3 is 2.57 bits per heavy atom. The number of amides is 1. The molecule has 2 rings (SSSR count). The van der Waals surface area contributed by atoms with Crippen LogP contribution in [0, 0.1) is 5.82 Å². The second kappa shape index (κ2) is 6.78. The predicted molar refractivity (Wildman–Crippen MR) is 79.9 cm³/mol. The molecule has 0 bridgehead atoms. The molecule has 1 aromatic heterocycles. The molecule has 1 N–H and O–H groups in total. The first kappa shape index (κ1) is 14.9. The third-order valence-electron chi connectivity index (χ3n) is 2.91. The predicted octanol–water partition coefficient (Wildman–Crippen LogP) is 2.71. The number of anilines is 2. The Labute approximate surface area is 122 Å². The molecule has 0 unspecified atom stereocenters. The second-order valence-electron chi connectivity index (χ2n) is 4.35. The van der Waals surface area contributed by atoms with Crippen LogP contribution in [-0.4, -0.2) is 29.0 Å². The molecule has 0 saturated heterocycles. The van der Waals surface area contributed by atoms with Gasteiger partial charge in [0, 0.05) is 18.8 Å². The monoisotopic (exact) mass is 288 g/mol. The lowest BCUT2D eigenvalue weighted by molar-refractivity contribution is 0.0983. The number of hydrogen-bond acceptors (Lipinski definition) is 4. The molecule has 0 radical (unpaired) electrons. The summed E-state index contributed by atoms with van der Waals surface area (Å²) in [6, 6.07) is 5.79. The first-order chi connectivity index (χ1) is 10.2. The van der Waals surface area contributed by atoms with Crippen molar-refractivity contribution in [3.63, 3.8) is 0 Å². The Bertz CT molecular complexity index is 615. The van der Waals surface area contributed by atoms with Crippen molar-refractivity contribution in [1.29, 1.82) is 0 Å². The third-order valence-corrected chi connectivity index (χ3v) is 2.91. The maximum atomic E-state index is 13.0. The zero-order chi connectivity index (χ0) is 15.2.